The second-order valence-electron chi connectivity index (χ2n) is 6.72. The number of hydrogen-bond acceptors (Lipinski definition) is 10. The van der Waals surface area contributed by atoms with E-state index in [4.69, 9.17) is 14.2 Å². The number of ether oxygens (including phenoxy) is 3. The maximum Gasteiger partial charge on any atom is 0.348 e. The minimum Gasteiger partial charge on any atom is -0.490 e. The summed E-state index contributed by atoms with van der Waals surface area (Å²) in [4.78, 5) is 37.9. The minimum absolute atomic E-state index is 0.0145. The quantitative estimate of drug-likeness (QED) is 0.347. The average molecular weight is 474 g/mol. The van der Waals surface area contributed by atoms with Gasteiger partial charge >= 0.3 is 11.9 Å². The van der Waals surface area contributed by atoms with Gasteiger partial charge in [-0.3, -0.25) is 4.79 Å². The highest BCUT2D eigenvalue weighted by molar-refractivity contribution is 7.18. The lowest BCUT2D eigenvalue weighted by Gasteiger charge is -2.07. The van der Waals surface area contributed by atoms with Crippen molar-refractivity contribution in [3.8, 4) is 5.75 Å². The Kier molecular flexibility index (Phi) is 8.08. The van der Waals surface area contributed by atoms with E-state index in [0.29, 0.717) is 17.1 Å². The summed E-state index contributed by atoms with van der Waals surface area (Å²) in [6.07, 6.45) is -0.112. The molecular formula is C21H23N5O6S. The number of amides is 1. The molecule has 0 spiro atoms. The molecule has 0 atom stereocenters. The van der Waals surface area contributed by atoms with E-state index >= 15 is 0 Å². The number of anilines is 1. The van der Waals surface area contributed by atoms with E-state index in [-0.39, 0.29) is 41.7 Å². The van der Waals surface area contributed by atoms with E-state index in [1.165, 1.54) is 4.68 Å². The van der Waals surface area contributed by atoms with E-state index in [2.05, 4.69) is 20.8 Å². The van der Waals surface area contributed by atoms with Crippen molar-refractivity contribution in [2.45, 2.75) is 20.3 Å². The topological polar surface area (TPSA) is 135 Å². The third-order valence-electron chi connectivity index (χ3n) is 4.42. The first-order valence-electron chi connectivity index (χ1n) is 10.1. The summed E-state index contributed by atoms with van der Waals surface area (Å²) in [7, 11) is 1.61. The van der Waals surface area contributed by atoms with E-state index < -0.39 is 17.8 Å². The molecule has 11 nitrogen and oxygen atoms in total. The van der Waals surface area contributed by atoms with Gasteiger partial charge in [-0.2, -0.15) is 0 Å². The SMILES string of the molecule is CCOC(=O)c1c(NC(=O)Cc2nnnn2C)sc(C(=O)OCCOc2ccccc2)c1C. The predicted octanol–water partition coefficient (Wildman–Crippen LogP) is 2.17. The van der Waals surface area contributed by atoms with Crippen LogP contribution in [0.3, 0.4) is 0 Å². The van der Waals surface area contributed by atoms with Crippen LogP contribution in [0.4, 0.5) is 5.00 Å². The molecule has 1 aromatic carbocycles. The maximum absolute atomic E-state index is 12.6. The van der Waals surface area contributed by atoms with Crippen molar-refractivity contribution in [3.05, 3.63) is 52.2 Å². The van der Waals surface area contributed by atoms with Gasteiger partial charge < -0.3 is 19.5 Å². The van der Waals surface area contributed by atoms with Crippen LogP contribution < -0.4 is 10.1 Å². The number of benzene rings is 1. The third-order valence-corrected chi connectivity index (χ3v) is 5.61. The molecule has 33 heavy (non-hydrogen) atoms. The number of tetrazole rings is 1. The van der Waals surface area contributed by atoms with Crippen molar-refractivity contribution in [2.75, 3.05) is 25.1 Å². The summed E-state index contributed by atoms with van der Waals surface area (Å²) < 4.78 is 17.3. The fourth-order valence-electron chi connectivity index (χ4n) is 2.83. The van der Waals surface area contributed by atoms with Crippen LogP contribution >= 0.6 is 11.3 Å². The molecule has 0 radical (unpaired) electrons. The van der Waals surface area contributed by atoms with Gasteiger partial charge in [0.15, 0.2) is 5.82 Å². The highest BCUT2D eigenvalue weighted by Crippen LogP contribution is 2.34. The molecule has 1 amide bonds. The molecule has 0 bridgehead atoms. The minimum atomic E-state index is -0.645. The molecule has 3 aromatic rings. The number of nitrogens with zero attached hydrogens (tertiary/aromatic N) is 4. The molecule has 2 aromatic heterocycles. The number of carbonyl (C=O) groups excluding carboxylic acids is 3. The number of nitrogens with one attached hydrogen (secondary N) is 1. The molecule has 174 valence electrons. The maximum atomic E-state index is 12.6. The van der Waals surface area contributed by atoms with Crippen LogP contribution in [0.2, 0.25) is 0 Å². The number of aromatic nitrogens is 4. The second-order valence-corrected chi connectivity index (χ2v) is 7.74. The van der Waals surface area contributed by atoms with Gasteiger partial charge in [0.1, 0.15) is 28.8 Å². The predicted molar refractivity (Wildman–Crippen MR) is 118 cm³/mol. The monoisotopic (exact) mass is 473 g/mol. The first-order valence-corrected chi connectivity index (χ1v) is 10.9. The van der Waals surface area contributed by atoms with Crippen molar-refractivity contribution in [3.63, 3.8) is 0 Å². The molecule has 12 heteroatoms. The summed E-state index contributed by atoms with van der Waals surface area (Å²) >= 11 is 0.941. The first kappa shape index (κ1) is 23.9. The fourth-order valence-corrected chi connectivity index (χ4v) is 3.94. The Morgan fingerprint density at radius 3 is 2.52 bits per heavy atom. The molecule has 1 N–H and O–H groups in total. The van der Waals surface area contributed by atoms with Gasteiger partial charge in [0.2, 0.25) is 5.91 Å². The number of carbonyl (C=O) groups is 3. The number of aryl methyl sites for hydroxylation is 1. The summed E-state index contributed by atoms with van der Waals surface area (Å²) in [6.45, 7) is 3.59. The Balaban J connectivity index is 1.70. The van der Waals surface area contributed by atoms with Gasteiger partial charge in [-0.1, -0.05) is 18.2 Å². The third kappa shape index (κ3) is 6.13. The lowest BCUT2D eigenvalue weighted by molar-refractivity contribution is -0.115. The zero-order valence-electron chi connectivity index (χ0n) is 18.4. The molecule has 0 aliphatic heterocycles. The molecular weight excluding hydrogens is 450 g/mol. The molecule has 0 saturated heterocycles. The number of rotatable bonds is 10. The smallest absolute Gasteiger partial charge is 0.348 e. The van der Waals surface area contributed by atoms with Gasteiger partial charge in [0.05, 0.1) is 18.6 Å². The van der Waals surface area contributed by atoms with Gasteiger partial charge in [0.25, 0.3) is 0 Å². The van der Waals surface area contributed by atoms with Crippen LogP contribution in [0.5, 0.6) is 5.75 Å². The molecule has 3 rings (SSSR count). The number of esters is 2. The highest BCUT2D eigenvalue weighted by atomic mass is 32.1. The second kappa shape index (κ2) is 11.2. The Morgan fingerprint density at radius 1 is 1.09 bits per heavy atom. The van der Waals surface area contributed by atoms with E-state index in [9.17, 15) is 14.4 Å². The highest BCUT2D eigenvalue weighted by Gasteiger charge is 2.27. The van der Waals surface area contributed by atoms with E-state index in [1.54, 1.807) is 33.0 Å². The van der Waals surface area contributed by atoms with Crippen molar-refractivity contribution in [2.24, 2.45) is 7.05 Å². The van der Waals surface area contributed by atoms with Crippen molar-refractivity contribution >= 4 is 34.2 Å². The summed E-state index contributed by atoms with van der Waals surface area (Å²) in [5.74, 6) is -0.716. The van der Waals surface area contributed by atoms with Crippen molar-refractivity contribution in [1.82, 2.24) is 20.2 Å². The Morgan fingerprint density at radius 2 is 1.85 bits per heavy atom. The van der Waals surface area contributed by atoms with Gasteiger partial charge in [0, 0.05) is 7.05 Å². The van der Waals surface area contributed by atoms with Gasteiger partial charge in [-0.15, -0.1) is 16.4 Å². The number of thiophene rings is 1. The molecule has 2 heterocycles. The van der Waals surface area contributed by atoms with Crippen LogP contribution in [0, 0.1) is 6.92 Å². The standard InChI is InChI=1S/C21H23N5O6S/c1-4-30-20(28)17-13(2)18(21(29)32-11-10-31-14-8-6-5-7-9-14)33-19(17)22-16(27)12-15-23-24-25-26(15)3/h5-9H,4,10-12H2,1-3H3,(H,22,27). The molecule has 0 aliphatic rings. The molecule has 0 aliphatic carbocycles. The van der Waals surface area contributed by atoms with Crippen LogP contribution in [-0.2, 0) is 27.7 Å². The Labute approximate surface area is 193 Å². The lowest BCUT2D eigenvalue weighted by atomic mass is 10.1. The molecule has 0 fully saturated rings. The normalized spacial score (nSPS) is 10.5. The van der Waals surface area contributed by atoms with Crippen LogP contribution in [0.1, 0.15) is 38.3 Å². The molecule has 0 saturated carbocycles. The van der Waals surface area contributed by atoms with Crippen LogP contribution in [0.15, 0.2) is 30.3 Å². The average Bonchev–Trinajstić information content (AvgIpc) is 3.34. The van der Waals surface area contributed by atoms with E-state index in [0.717, 1.165) is 11.3 Å². The van der Waals surface area contributed by atoms with Crippen LogP contribution in [-0.4, -0.2) is 57.9 Å². The summed E-state index contributed by atoms with van der Waals surface area (Å²) in [5, 5.41) is 13.8. The number of para-hydroxylation sites is 1. The van der Waals surface area contributed by atoms with Crippen molar-refractivity contribution in [1.29, 1.82) is 0 Å². The van der Waals surface area contributed by atoms with E-state index in [1.807, 2.05) is 18.2 Å². The number of hydrogen-bond donors (Lipinski definition) is 1. The van der Waals surface area contributed by atoms with Crippen LogP contribution in [0.25, 0.3) is 0 Å². The Bertz CT molecular complexity index is 1130. The van der Waals surface area contributed by atoms with Gasteiger partial charge in [-0.05, 0) is 42.0 Å². The fraction of sp³-hybridized carbons (Fsp3) is 0.333. The largest absolute Gasteiger partial charge is 0.490 e. The van der Waals surface area contributed by atoms with Crippen molar-refractivity contribution < 1.29 is 28.6 Å². The summed E-state index contributed by atoms with van der Waals surface area (Å²) in [6, 6.07) is 9.13. The molecule has 0 unspecified atom stereocenters. The van der Waals surface area contributed by atoms with Gasteiger partial charge in [-0.25, -0.2) is 14.3 Å². The zero-order chi connectivity index (χ0) is 23.8. The summed E-state index contributed by atoms with van der Waals surface area (Å²) in [5.41, 5.74) is 0.474. The lowest BCUT2D eigenvalue weighted by Crippen LogP contribution is -2.18. The Hall–Kier alpha value is -3.80. The first-order chi connectivity index (χ1) is 15.9. The zero-order valence-corrected chi connectivity index (χ0v) is 19.2.